The zero-order valence-corrected chi connectivity index (χ0v) is 35.1. The van der Waals surface area contributed by atoms with Gasteiger partial charge in [-0.05, 0) is 48.1 Å². The number of rotatable bonds is 20. The van der Waals surface area contributed by atoms with Crippen molar-refractivity contribution in [2.24, 2.45) is 0 Å². The van der Waals surface area contributed by atoms with E-state index in [1.54, 1.807) is 6.07 Å². The summed E-state index contributed by atoms with van der Waals surface area (Å²) in [6.07, 6.45) is -5.16. The van der Waals surface area contributed by atoms with Crippen molar-refractivity contribution >= 4 is 17.8 Å². The molecule has 4 aromatic carbocycles. The van der Waals surface area contributed by atoms with Crippen LogP contribution in [0.4, 0.5) is 4.79 Å². The summed E-state index contributed by atoms with van der Waals surface area (Å²) >= 11 is 0. The number of furan rings is 1. The second-order valence-electron chi connectivity index (χ2n) is 15.3. The molecule has 1 N–H and O–H groups in total. The standard InChI is InChI=1S/C49H53NO12/c1-32-15-13-22-36(25-32)38-27-40(42(52)44(55-2)47(53)50-37(31-60-49(50)54)26-33-16-7-4-8-17-33)61-39(38)23-14-24-57-46-45(59-30-35-20-11-6-12-21-35)43(41(28-51)62-48(46)56-3)58-29-34-18-9-5-10-19-34/h4-13,15-22,25,27,37,41,43-46,48,51H,14,23-24,26,28-31H2,1-3H3. The van der Waals surface area contributed by atoms with Crippen LogP contribution >= 0.6 is 0 Å². The molecule has 7 rings (SSSR count). The van der Waals surface area contributed by atoms with E-state index in [0.717, 1.165) is 32.7 Å². The minimum Gasteiger partial charge on any atom is -0.457 e. The maximum atomic E-state index is 14.1. The summed E-state index contributed by atoms with van der Waals surface area (Å²) in [6.45, 7) is 2.35. The van der Waals surface area contributed by atoms with Gasteiger partial charge >= 0.3 is 6.09 Å². The van der Waals surface area contributed by atoms with Crippen LogP contribution in [0.1, 0.15) is 45.0 Å². The van der Waals surface area contributed by atoms with E-state index >= 15 is 0 Å². The summed E-state index contributed by atoms with van der Waals surface area (Å²) in [5.41, 5.74) is 5.30. The highest BCUT2D eigenvalue weighted by Crippen LogP contribution is 2.33. The van der Waals surface area contributed by atoms with Crippen molar-refractivity contribution in [3.8, 4) is 11.1 Å². The highest BCUT2D eigenvalue weighted by atomic mass is 16.7. The number of carbonyl (C=O) groups excluding carboxylic acids is 3. The number of aliphatic hydroxyl groups is 1. The van der Waals surface area contributed by atoms with Crippen LogP contribution in [-0.4, -0.2) is 105 Å². The number of imide groups is 1. The van der Waals surface area contributed by atoms with Gasteiger partial charge < -0.3 is 42.7 Å². The van der Waals surface area contributed by atoms with Gasteiger partial charge in [-0.2, -0.15) is 0 Å². The lowest BCUT2D eigenvalue weighted by atomic mass is 9.98. The third-order valence-electron chi connectivity index (χ3n) is 11.0. The highest BCUT2D eigenvalue weighted by molar-refractivity contribution is 6.14. The van der Waals surface area contributed by atoms with Crippen LogP contribution in [0.5, 0.6) is 0 Å². The third-order valence-corrected chi connectivity index (χ3v) is 11.0. The van der Waals surface area contributed by atoms with Crippen molar-refractivity contribution in [3.05, 3.63) is 155 Å². The van der Waals surface area contributed by atoms with Crippen molar-refractivity contribution < 1.29 is 57.1 Å². The van der Waals surface area contributed by atoms with E-state index in [-0.39, 0.29) is 38.8 Å². The predicted octanol–water partition coefficient (Wildman–Crippen LogP) is 6.90. The molecule has 13 nitrogen and oxygen atoms in total. The number of Topliss-reactive ketones (excluding diaryl/α,β-unsaturated/α-hetero) is 1. The molecule has 3 heterocycles. The first-order valence-corrected chi connectivity index (χ1v) is 20.8. The first kappa shape index (κ1) is 44.5. The van der Waals surface area contributed by atoms with Crippen LogP contribution in [-0.2, 0) is 64.0 Å². The molecule has 0 aliphatic carbocycles. The fraction of sp³-hybridized carbons (Fsp3) is 0.367. The van der Waals surface area contributed by atoms with Gasteiger partial charge in [0, 0.05) is 32.8 Å². The quantitative estimate of drug-likeness (QED) is 0.0493. The van der Waals surface area contributed by atoms with Gasteiger partial charge in [-0.25, -0.2) is 9.69 Å². The summed E-state index contributed by atoms with van der Waals surface area (Å²) in [7, 11) is 2.76. The monoisotopic (exact) mass is 847 g/mol. The van der Waals surface area contributed by atoms with Crippen LogP contribution in [0, 0.1) is 6.92 Å². The summed E-state index contributed by atoms with van der Waals surface area (Å²) in [6, 6.07) is 37.7. The lowest BCUT2D eigenvalue weighted by Gasteiger charge is -2.45. The largest absolute Gasteiger partial charge is 0.457 e. The predicted molar refractivity (Wildman–Crippen MR) is 227 cm³/mol. The van der Waals surface area contributed by atoms with Gasteiger partial charge in [0.25, 0.3) is 5.91 Å². The molecule has 326 valence electrons. The SMILES string of the molecule is COC(C(=O)c1cc(-c2cccc(C)c2)c(CCCOC2C(OC)OC(CO)C(OCc3ccccc3)C2OCc2ccccc2)o1)C(=O)N1C(=O)OCC1Cc1ccccc1. The first-order valence-electron chi connectivity index (χ1n) is 20.8. The van der Waals surface area contributed by atoms with E-state index in [0.29, 0.717) is 30.6 Å². The van der Waals surface area contributed by atoms with Gasteiger partial charge in [-0.15, -0.1) is 0 Å². The van der Waals surface area contributed by atoms with Gasteiger partial charge in [0.2, 0.25) is 11.9 Å². The number of nitrogens with zero attached hydrogens (tertiary/aromatic N) is 1. The van der Waals surface area contributed by atoms with Crippen molar-refractivity contribution in [1.29, 1.82) is 0 Å². The Morgan fingerprint density at radius 2 is 1.44 bits per heavy atom. The minimum atomic E-state index is -1.66. The number of aryl methyl sites for hydroxylation is 2. The van der Waals surface area contributed by atoms with E-state index in [1.807, 2.05) is 122 Å². The third kappa shape index (κ3) is 10.7. The van der Waals surface area contributed by atoms with E-state index in [9.17, 15) is 19.5 Å². The molecule has 5 aromatic rings. The molecule has 2 aliphatic rings. The maximum absolute atomic E-state index is 14.1. The number of ketones is 1. The molecule has 62 heavy (non-hydrogen) atoms. The minimum absolute atomic E-state index is 0.00401. The number of aliphatic hydroxyl groups excluding tert-OH is 1. The molecular weight excluding hydrogens is 795 g/mol. The van der Waals surface area contributed by atoms with Crippen molar-refractivity contribution in [3.63, 3.8) is 0 Å². The summed E-state index contributed by atoms with van der Waals surface area (Å²) in [4.78, 5) is 41.9. The first-order chi connectivity index (χ1) is 30.3. The molecular formula is C49H53NO12. The number of benzene rings is 4. The number of hydrogen-bond acceptors (Lipinski definition) is 12. The molecule has 7 unspecified atom stereocenters. The molecule has 2 amide bonds. The Hall–Kier alpha value is -5.51. The van der Waals surface area contributed by atoms with E-state index in [2.05, 4.69) is 0 Å². The number of hydrogen-bond donors (Lipinski definition) is 1. The van der Waals surface area contributed by atoms with Crippen LogP contribution < -0.4 is 0 Å². The Morgan fingerprint density at radius 1 is 0.790 bits per heavy atom. The average molecular weight is 848 g/mol. The van der Waals surface area contributed by atoms with Crippen molar-refractivity contribution in [2.75, 3.05) is 34.0 Å². The topological polar surface area (TPSA) is 152 Å². The fourth-order valence-corrected chi connectivity index (χ4v) is 7.90. The van der Waals surface area contributed by atoms with Gasteiger partial charge in [0.05, 0.1) is 25.9 Å². The number of ether oxygens (including phenoxy) is 7. The zero-order valence-electron chi connectivity index (χ0n) is 35.1. The Labute approximate surface area is 361 Å². The molecule has 0 bridgehead atoms. The number of amides is 2. The lowest BCUT2D eigenvalue weighted by molar-refractivity contribution is -0.319. The second-order valence-corrected chi connectivity index (χ2v) is 15.3. The van der Waals surface area contributed by atoms with Crippen molar-refractivity contribution in [2.45, 2.75) is 82.3 Å². The van der Waals surface area contributed by atoms with Gasteiger partial charge in [0.15, 0.2) is 12.1 Å². The lowest BCUT2D eigenvalue weighted by Crippen LogP contribution is -2.61. The van der Waals surface area contributed by atoms with E-state index < -0.39 is 60.6 Å². The summed E-state index contributed by atoms with van der Waals surface area (Å²) in [5.74, 6) is -1.15. The Bertz CT molecular complexity index is 2210. The van der Waals surface area contributed by atoms with Crippen LogP contribution in [0.25, 0.3) is 11.1 Å². The molecule has 2 aliphatic heterocycles. The number of carbonyl (C=O) groups is 3. The maximum Gasteiger partial charge on any atom is 0.417 e. The van der Waals surface area contributed by atoms with Crippen LogP contribution in [0.2, 0.25) is 0 Å². The van der Waals surface area contributed by atoms with E-state index in [4.69, 9.17) is 37.6 Å². The summed E-state index contributed by atoms with van der Waals surface area (Å²) < 4.78 is 48.6. The average Bonchev–Trinajstić information content (AvgIpc) is 3.90. The number of methoxy groups -OCH3 is 2. The molecule has 1 aromatic heterocycles. The van der Waals surface area contributed by atoms with Gasteiger partial charge in [-0.1, -0.05) is 121 Å². The molecule has 7 atom stereocenters. The fourth-order valence-electron chi connectivity index (χ4n) is 7.90. The Kier molecular flexibility index (Phi) is 15.5. The van der Waals surface area contributed by atoms with Crippen LogP contribution in [0.3, 0.4) is 0 Å². The molecule has 13 heteroatoms. The Morgan fingerprint density at radius 3 is 2.05 bits per heavy atom. The molecule has 2 fully saturated rings. The molecule has 2 saturated heterocycles. The molecule has 0 saturated carbocycles. The second kappa shape index (κ2) is 21.5. The highest BCUT2D eigenvalue weighted by Gasteiger charge is 2.49. The van der Waals surface area contributed by atoms with Gasteiger partial charge in [-0.3, -0.25) is 9.59 Å². The Balaban J connectivity index is 1.09. The number of cyclic esters (lactones) is 1. The van der Waals surface area contributed by atoms with Gasteiger partial charge in [0.1, 0.15) is 36.8 Å². The zero-order chi connectivity index (χ0) is 43.4. The van der Waals surface area contributed by atoms with Crippen molar-refractivity contribution in [1.82, 2.24) is 4.90 Å². The summed E-state index contributed by atoms with van der Waals surface area (Å²) in [5, 5.41) is 10.5. The normalized spacial score (nSPS) is 21.7. The smallest absolute Gasteiger partial charge is 0.417 e. The molecule has 0 spiro atoms. The van der Waals surface area contributed by atoms with E-state index in [1.165, 1.54) is 14.2 Å². The molecule has 0 radical (unpaired) electrons. The van der Waals surface area contributed by atoms with Crippen LogP contribution in [0.15, 0.2) is 126 Å².